The zero-order chi connectivity index (χ0) is 15.1. The predicted octanol–water partition coefficient (Wildman–Crippen LogP) is 2.47. The van der Waals surface area contributed by atoms with Crippen LogP contribution in [-0.4, -0.2) is 29.3 Å². The molecule has 0 aliphatic heterocycles. The molecule has 0 saturated carbocycles. The van der Waals surface area contributed by atoms with Crippen molar-refractivity contribution in [2.75, 3.05) is 13.7 Å². The lowest BCUT2D eigenvalue weighted by molar-refractivity contribution is 0.310. The van der Waals surface area contributed by atoms with Gasteiger partial charge in [0.15, 0.2) is 11.5 Å². The highest BCUT2D eigenvalue weighted by molar-refractivity contribution is 5.42. The number of benzene rings is 1. The highest BCUT2D eigenvalue weighted by atomic mass is 16.5. The van der Waals surface area contributed by atoms with Gasteiger partial charge in [-0.2, -0.15) is 0 Å². The Hall–Kier alpha value is -2.01. The lowest BCUT2D eigenvalue weighted by atomic mass is 10.2. The van der Waals surface area contributed by atoms with Crippen LogP contribution in [0.25, 0.3) is 0 Å². The molecule has 1 aromatic carbocycles. The van der Waals surface area contributed by atoms with E-state index in [0.717, 1.165) is 24.6 Å². The molecule has 21 heavy (non-hydrogen) atoms. The van der Waals surface area contributed by atoms with Crippen molar-refractivity contribution >= 4 is 0 Å². The monoisotopic (exact) mass is 289 g/mol. The third kappa shape index (κ3) is 4.49. The number of hydrogen-bond acceptors (Lipinski definition) is 4. The van der Waals surface area contributed by atoms with Crippen molar-refractivity contribution in [2.24, 2.45) is 0 Å². The molecule has 2 aromatic rings. The van der Waals surface area contributed by atoms with Gasteiger partial charge in [0.1, 0.15) is 0 Å². The van der Waals surface area contributed by atoms with Gasteiger partial charge in [-0.15, -0.1) is 0 Å². The largest absolute Gasteiger partial charge is 0.493 e. The van der Waals surface area contributed by atoms with Gasteiger partial charge in [0.25, 0.3) is 0 Å². The molecule has 0 aliphatic carbocycles. The standard InChI is InChI=1S/C16H23N3O2/c1-4-21-15-6-5-14(9-16(15)20-3)10-18-13(2)11-19-8-7-17-12-19/h5-9,12-13,18H,4,10-11H2,1-3H3. The van der Waals surface area contributed by atoms with E-state index in [9.17, 15) is 0 Å². The first-order valence-corrected chi connectivity index (χ1v) is 7.21. The Balaban J connectivity index is 1.90. The van der Waals surface area contributed by atoms with Crippen LogP contribution in [0.4, 0.5) is 0 Å². The summed E-state index contributed by atoms with van der Waals surface area (Å²) in [5.41, 5.74) is 1.17. The van der Waals surface area contributed by atoms with Crippen LogP contribution in [0.15, 0.2) is 36.9 Å². The Morgan fingerprint density at radius 3 is 2.86 bits per heavy atom. The van der Waals surface area contributed by atoms with Gasteiger partial charge in [-0.3, -0.25) is 0 Å². The van der Waals surface area contributed by atoms with E-state index in [-0.39, 0.29) is 0 Å². The Morgan fingerprint density at radius 1 is 1.33 bits per heavy atom. The molecule has 1 unspecified atom stereocenters. The normalized spacial score (nSPS) is 12.1. The molecule has 1 atom stereocenters. The van der Waals surface area contributed by atoms with Crippen molar-refractivity contribution in [1.82, 2.24) is 14.9 Å². The fourth-order valence-electron chi connectivity index (χ4n) is 2.16. The van der Waals surface area contributed by atoms with E-state index in [4.69, 9.17) is 9.47 Å². The summed E-state index contributed by atoms with van der Waals surface area (Å²) in [6.45, 7) is 6.45. The van der Waals surface area contributed by atoms with E-state index < -0.39 is 0 Å². The Labute approximate surface area is 125 Å². The molecule has 0 fully saturated rings. The Morgan fingerprint density at radius 2 is 2.19 bits per heavy atom. The number of nitrogens with one attached hydrogen (secondary N) is 1. The quantitative estimate of drug-likeness (QED) is 0.811. The maximum Gasteiger partial charge on any atom is 0.161 e. The van der Waals surface area contributed by atoms with Crippen LogP contribution >= 0.6 is 0 Å². The van der Waals surface area contributed by atoms with Crippen LogP contribution in [0, 0.1) is 0 Å². The number of hydrogen-bond donors (Lipinski definition) is 1. The highest BCUT2D eigenvalue weighted by Gasteiger charge is 2.07. The molecular formula is C16H23N3O2. The van der Waals surface area contributed by atoms with Gasteiger partial charge in [-0.25, -0.2) is 4.98 Å². The topological polar surface area (TPSA) is 48.3 Å². The van der Waals surface area contributed by atoms with E-state index in [0.29, 0.717) is 12.6 Å². The van der Waals surface area contributed by atoms with Crippen molar-refractivity contribution in [2.45, 2.75) is 33.0 Å². The second-order valence-corrected chi connectivity index (χ2v) is 4.96. The van der Waals surface area contributed by atoms with Crippen molar-refractivity contribution in [1.29, 1.82) is 0 Å². The fourth-order valence-corrected chi connectivity index (χ4v) is 2.16. The molecule has 0 aliphatic rings. The number of aromatic nitrogens is 2. The summed E-state index contributed by atoms with van der Waals surface area (Å²) in [4.78, 5) is 4.05. The minimum absolute atomic E-state index is 0.358. The molecular weight excluding hydrogens is 266 g/mol. The minimum Gasteiger partial charge on any atom is -0.493 e. The smallest absolute Gasteiger partial charge is 0.161 e. The number of rotatable bonds is 8. The van der Waals surface area contributed by atoms with Gasteiger partial charge in [-0.05, 0) is 31.5 Å². The summed E-state index contributed by atoms with van der Waals surface area (Å²) in [6.07, 6.45) is 5.60. The van der Waals surface area contributed by atoms with Crippen LogP contribution < -0.4 is 14.8 Å². The number of imidazole rings is 1. The van der Waals surface area contributed by atoms with E-state index in [1.54, 1.807) is 13.3 Å². The molecule has 0 amide bonds. The first kappa shape index (κ1) is 15.4. The van der Waals surface area contributed by atoms with Gasteiger partial charge >= 0.3 is 0 Å². The van der Waals surface area contributed by atoms with E-state index in [1.807, 2.05) is 31.6 Å². The van der Waals surface area contributed by atoms with Crippen molar-refractivity contribution in [3.8, 4) is 11.5 Å². The average Bonchev–Trinajstić information content (AvgIpc) is 2.99. The molecule has 1 heterocycles. The molecule has 1 aromatic heterocycles. The van der Waals surface area contributed by atoms with Crippen LogP contribution in [0.1, 0.15) is 19.4 Å². The van der Waals surface area contributed by atoms with Crippen LogP contribution in [0.3, 0.4) is 0 Å². The summed E-state index contributed by atoms with van der Waals surface area (Å²) < 4.78 is 13.0. The summed E-state index contributed by atoms with van der Waals surface area (Å²) >= 11 is 0. The Kier molecular flexibility index (Phi) is 5.63. The molecule has 0 radical (unpaired) electrons. The van der Waals surface area contributed by atoms with Gasteiger partial charge < -0.3 is 19.4 Å². The van der Waals surface area contributed by atoms with Gasteiger partial charge in [-0.1, -0.05) is 6.07 Å². The van der Waals surface area contributed by atoms with Crippen molar-refractivity contribution in [3.63, 3.8) is 0 Å². The first-order chi connectivity index (χ1) is 10.2. The summed E-state index contributed by atoms with van der Waals surface area (Å²) in [7, 11) is 1.66. The fraction of sp³-hybridized carbons (Fsp3) is 0.438. The van der Waals surface area contributed by atoms with Crippen LogP contribution in [0.5, 0.6) is 11.5 Å². The zero-order valence-electron chi connectivity index (χ0n) is 12.9. The van der Waals surface area contributed by atoms with Crippen LogP contribution in [0.2, 0.25) is 0 Å². The van der Waals surface area contributed by atoms with E-state index in [2.05, 4.69) is 27.9 Å². The lowest BCUT2D eigenvalue weighted by Gasteiger charge is -2.15. The van der Waals surface area contributed by atoms with Crippen LogP contribution in [-0.2, 0) is 13.1 Å². The molecule has 0 spiro atoms. The molecule has 5 nitrogen and oxygen atoms in total. The molecule has 0 saturated heterocycles. The van der Waals surface area contributed by atoms with Gasteiger partial charge in [0.05, 0.1) is 20.0 Å². The van der Waals surface area contributed by atoms with Crippen molar-refractivity contribution in [3.05, 3.63) is 42.5 Å². The van der Waals surface area contributed by atoms with Gasteiger partial charge in [0, 0.05) is 31.5 Å². The van der Waals surface area contributed by atoms with Crippen molar-refractivity contribution < 1.29 is 9.47 Å². The lowest BCUT2D eigenvalue weighted by Crippen LogP contribution is -2.29. The maximum atomic E-state index is 5.52. The number of ether oxygens (including phenoxy) is 2. The predicted molar refractivity (Wildman–Crippen MR) is 82.7 cm³/mol. The zero-order valence-corrected chi connectivity index (χ0v) is 12.9. The first-order valence-electron chi connectivity index (χ1n) is 7.21. The summed E-state index contributed by atoms with van der Waals surface area (Å²) in [5, 5.41) is 3.49. The van der Waals surface area contributed by atoms with E-state index in [1.165, 1.54) is 5.56 Å². The second kappa shape index (κ2) is 7.69. The molecule has 5 heteroatoms. The average molecular weight is 289 g/mol. The molecule has 1 N–H and O–H groups in total. The molecule has 114 valence electrons. The maximum absolute atomic E-state index is 5.52. The Bertz CT molecular complexity index is 540. The SMILES string of the molecule is CCOc1ccc(CNC(C)Cn2ccnc2)cc1OC. The number of methoxy groups -OCH3 is 1. The summed E-state index contributed by atoms with van der Waals surface area (Å²) in [5.74, 6) is 1.56. The number of nitrogens with zero attached hydrogens (tertiary/aromatic N) is 2. The third-order valence-corrected chi connectivity index (χ3v) is 3.23. The minimum atomic E-state index is 0.358. The molecule has 0 bridgehead atoms. The second-order valence-electron chi connectivity index (χ2n) is 4.96. The van der Waals surface area contributed by atoms with E-state index >= 15 is 0 Å². The third-order valence-electron chi connectivity index (χ3n) is 3.23. The summed E-state index contributed by atoms with van der Waals surface area (Å²) in [6, 6.07) is 6.39. The molecule has 2 rings (SSSR count). The highest BCUT2D eigenvalue weighted by Crippen LogP contribution is 2.27. The van der Waals surface area contributed by atoms with Gasteiger partial charge in [0.2, 0.25) is 0 Å².